The van der Waals surface area contributed by atoms with Crippen molar-refractivity contribution in [3.05, 3.63) is 36.4 Å². The first-order valence-electron chi connectivity index (χ1n) is 9.77. The molecule has 2 aliphatic rings. The van der Waals surface area contributed by atoms with Gasteiger partial charge >= 0.3 is 0 Å². The Labute approximate surface area is 178 Å². The fourth-order valence-corrected chi connectivity index (χ4v) is 3.26. The van der Waals surface area contributed by atoms with E-state index < -0.39 is 62.4 Å². The maximum absolute atomic E-state index is 11.1. The van der Waals surface area contributed by atoms with Crippen LogP contribution in [0.4, 0.5) is 5.69 Å². The van der Waals surface area contributed by atoms with E-state index in [1.165, 1.54) is 6.92 Å². The van der Waals surface area contributed by atoms with E-state index in [1.807, 2.05) is 0 Å². The number of nitrogens with one attached hydrogen (secondary N) is 1. The second-order valence-electron chi connectivity index (χ2n) is 7.23. The van der Waals surface area contributed by atoms with Gasteiger partial charge in [0.15, 0.2) is 6.29 Å². The molecule has 1 amide bonds. The van der Waals surface area contributed by atoms with Crippen LogP contribution in [0.2, 0.25) is 0 Å². The fraction of sp³-hybridized carbons (Fsp3) is 0.550. The number of hydrogen-bond donors (Lipinski definition) is 6. The van der Waals surface area contributed by atoms with Crippen LogP contribution in [0.15, 0.2) is 36.4 Å². The average Bonchev–Trinajstić information content (AvgIpc) is 2.76. The van der Waals surface area contributed by atoms with Crippen LogP contribution in [0, 0.1) is 0 Å². The zero-order chi connectivity index (χ0) is 22.5. The molecule has 0 saturated carbocycles. The van der Waals surface area contributed by atoms with Crippen LogP contribution < -0.4 is 10.1 Å². The lowest BCUT2D eigenvalue weighted by Gasteiger charge is -2.42. The molecule has 8 atom stereocenters. The number of benzene rings is 1. The van der Waals surface area contributed by atoms with Gasteiger partial charge in [0, 0.05) is 12.6 Å². The smallest absolute Gasteiger partial charge is 0.221 e. The van der Waals surface area contributed by atoms with E-state index in [9.17, 15) is 30.3 Å². The van der Waals surface area contributed by atoms with E-state index in [0.717, 1.165) is 0 Å². The summed E-state index contributed by atoms with van der Waals surface area (Å²) in [6.07, 6.45) is -6.57. The highest BCUT2D eigenvalue weighted by Crippen LogP contribution is 2.27. The van der Waals surface area contributed by atoms with Crippen LogP contribution in [0.3, 0.4) is 0 Å². The van der Waals surface area contributed by atoms with Gasteiger partial charge in [-0.25, -0.2) is 0 Å². The standard InChI is InChI=1S/C20H27NO10/c1-10(24)21-11-2-4-12(5-3-11)28-16-7-6-13(14(8-22)29-16)30-20-19(27)18(26)17(25)15(9-23)31-20/h2-7,13-20,22-23,25-27H,8-9H2,1H3,(H,21,24)/t13-,14?,15?,16-,17+,18?,19+,20-/m0/s1. The first-order chi connectivity index (χ1) is 14.8. The van der Waals surface area contributed by atoms with Gasteiger partial charge in [-0.2, -0.15) is 0 Å². The number of amides is 1. The van der Waals surface area contributed by atoms with Crippen LogP contribution >= 0.6 is 0 Å². The SMILES string of the molecule is CC(=O)Nc1ccc(O[C@@H]2C=C[C@H](O[C@H]3OC(CO)[C@@H](O)C(O)[C@H]3O)C(CO)O2)cc1. The largest absolute Gasteiger partial charge is 0.461 e. The maximum Gasteiger partial charge on any atom is 0.221 e. The monoisotopic (exact) mass is 441 g/mol. The highest BCUT2D eigenvalue weighted by Gasteiger charge is 2.45. The Morgan fingerprint density at radius 1 is 0.968 bits per heavy atom. The third-order valence-electron chi connectivity index (χ3n) is 4.88. The van der Waals surface area contributed by atoms with E-state index in [-0.39, 0.29) is 5.91 Å². The summed E-state index contributed by atoms with van der Waals surface area (Å²) in [5.41, 5.74) is 0.612. The van der Waals surface area contributed by atoms with Gasteiger partial charge in [-0.05, 0) is 30.3 Å². The molecule has 1 fully saturated rings. The van der Waals surface area contributed by atoms with Crippen LogP contribution in [0.1, 0.15) is 6.92 Å². The number of hydrogen-bond acceptors (Lipinski definition) is 10. The Morgan fingerprint density at radius 2 is 1.65 bits per heavy atom. The van der Waals surface area contributed by atoms with Crippen molar-refractivity contribution in [3.63, 3.8) is 0 Å². The number of carbonyl (C=O) groups is 1. The van der Waals surface area contributed by atoms with Gasteiger partial charge in [0.2, 0.25) is 12.2 Å². The Balaban J connectivity index is 1.62. The summed E-state index contributed by atoms with van der Waals surface area (Å²) in [4.78, 5) is 11.1. The molecule has 1 aromatic rings. The minimum Gasteiger partial charge on any atom is -0.461 e. The number of carbonyl (C=O) groups excluding carboxylic acids is 1. The van der Waals surface area contributed by atoms with Crippen LogP contribution in [0.5, 0.6) is 5.75 Å². The predicted octanol–water partition coefficient (Wildman–Crippen LogP) is -1.52. The summed E-state index contributed by atoms with van der Waals surface area (Å²) in [7, 11) is 0. The molecule has 0 aliphatic carbocycles. The zero-order valence-corrected chi connectivity index (χ0v) is 16.8. The van der Waals surface area contributed by atoms with Gasteiger partial charge in [-0.3, -0.25) is 4.79 Å². The molecule has 1 aromatic carbocycles. The molecular weight excluding hydrogens is 414 g/mol. The molecular formula is C20H27NO10. The second-order valence-corrected chi connectivity index (χ2v) is 7.23. The predicted molar refractivity (Wildman–Crippen MR) is 105 cm³/mol. The molecule has 11 nitrogen and oxygen atoms in total. The molecule has 2 heterocycles. The molecule has 0 radical (unpaired) electrons. The Hall–Kier alpha value is -2.09. The van der Waals surface area contributed by atoms with Crippen molar-refractivity contribution < 1.29 is 49.3 Å². The zero-order valence-electron chi connectivity index (χ0n) is 16.8. The summed E-state index contributed by atoms with van der Waals surface area (Å²) in [6, 6.07) is 6.62. The van der Waals surface area contributed by atoms with Crippen molar-refractivity contribution in [1.29, 1.82) is 0 Å². The van der Waals surface area contributed by atoms with Crippen LogP contribution in [0.25, 0.3) is 0 Å². The van der Waals surface area contributed by atoms with E-state index >= 15 is 0 Å². The molecule has 3 rings (SSSR count). The lowest BCUT2D eigenvalue weighted by atomic mass is 9.99. The van der Waals surface area contributed by atoms with Crippen molar-refractivity contribution >= 4 is 11.6 Å². The average molecular weight is 441 g/mol. The molecule has 2 aliphatic heterocycles. The van der Waals surface area contributed by atoms with Crippen LogP contribution in [-0.2, 0) is 19.0 Å². The molecule has 31 heavy (non-hydrogen) atoms. The molecule has 6 N–H and O–H groups in total. The van der Waals surface area contributed by atoms with Crippen molar-refractivity contribution in [2.24, 2.45) is 0 Å². The molecule has 0 spiro atoms. The van der Waals surface area contributed by atoms with E-state index in [4.69, 9.17) is 18.9 Å². The number of aliphatic hydroxyl groups is 5. The molecule has 0 bridgehead atoms. The minimum absolute atomic E-state index is 0.191. The Bertz CT molecular complexity index is 755. The van der Waals surface area contributed by atoms with Gasteiger partial charge in [-0.15, -0.1) is 0 Å². The van der Waals surface area contributed by atoms with Gasteiger partial charge < -0.3 is 49.8 Å². The lowest BCUT2D eigenvalue weighted by molar-refractivity contribution is -0.317. The van der Waals surface area contributed by atoms with Gasteiger partial charge in [0.05, 0.1) is 13.2 Å². The van der Waals surface area contributed by atoms with Crippen molar-refractivity contribution in [2.75, 3.05) is 18.5 Å². The van der Waals surface area contributed by atoms with Crippen molar-refractivity contribution in [2.45, 2.75) is 56.1 Å². The summed E-state index contributed by atoms with van der Waals surface area (Å²) >= 11 is 0. The number of aliphatic hydroxyl groups excluding tert-OH is 5. The molecule has 11 heteroatoms. The topological polar surface area (TPSA) is 167 Å². The highest BCUT2D eigenvalue weighted by molar-refractivity contribution is 5.88. The summed E-state index contributed by atoms with van der Waals surface area (Å²) in [5, 5.41) is 51.4. The normalized spacial score (nSPS) is 35.5. The first kappa shape index (κ1) is 23.6. The van der Waals surface area contributed by atoms with E-state index in [0.29, 0.717) is 11.4 Å². The Kier molecular flexibility index (Phi) is 7.97. The summed E-state index contributed by atoms with van der Waals surface area (Å²) in [5.74, 6) is 0.275. The van der Waals surface area contributed by atoms with Gasteiger partial charge in [0.25, 0.3) is 0 Å². The third kappa shape index (κ3) is 5.79. The number of rotatable bonds is 7. The van der Waals surface area contributed by atoms with Crippen LogP contribution in [-0.4, -0.2) is 93.9 Å². The molecule has 0 aromatic heterocycles. The number of ether oxygens (including phenoxy) is 4. The van der Waals surface area contributed by atoms with E-state index in [1.54, 1.807) is 36.4 Å². The summed E-state index contributed by atoms with van der Waals surface area (Å²) < 4.78 is 22.3. The minimum atomic E-state index is -1.58. The van der Waals surface area contributed by atoms with Crippen molar-refractivity contribution in [3.8, 4) is 5.75 Å². The van der Waals surface area contributed by atoms with Crippen molar-refractivity contribution in [1.82, 2.24) is 0 Å². The van der Waals surface area contributed by atoms with Gasteiger partial charge in [0.1, 0.15) is 42.4 Å². The summed E-state index contributed by atoms with van der Waals surface area (Å²) in [6.45, 7) is 0.387. The second kappa shape index (κ2) is 10.5. The number of anilines is 1. The molecule has 3 unspecified atom stereocenters. The molecule has 172 valence electrons. The third-order valence-corrected chi connectivity index (χ3v) is 4.88. The fourth-order valence-electron chi connectivity index (χ4n) is 3.26. The lowest BCUT2D eigenvalue weighted by Crippen LogP contribution is -2.60. The van der Waals surface area contributed by atoms with E-state index in [2.05, 4.69) is 5.32 Å². The quantitative estimate of drug-likeness (QED) is 0.274. The Morgan fingerprint density at radius 3 is 2.26 bits per heavy atom. The maximum atomic E-state index is 11.1. The highest BCUT2D eigenvalue weighted by atomic mass is 16.7. The van der Waals surface area contributed by atoms with Gasteiger partial charge in [-0.1, -0.05) is 6.08 Å². The molecule has 1 saturated heterocycles. The first-order valence-corrected chi connectivity index (χ1v) is 9.77.